The number of fused-ring (bicyclic) bond motifs is 12. The van der Waals surface area contributed by atoms with Gasteiger partial charge in [-0.1, -0.05) is 133 Å². The standard InChI is InChI=1S/C69H39F3N6/c1-73-58-33-29-44(77-64-25-13-7-19-52(64)56-40-45(30-35-66(56)77)75-60-21-9-3-15-48(60)49-16-4-10-22-61(49)75)39-54(58)55-37-42(47-32-28-43(69(70,71)72)38-59(47)74-2)27-34-67(55)78-65-26-14-8-20-53(65)57-41-46(31-36-68(57)78)76-62-23-11-5-17-50(62)51-18-6-12-24-63(51)76/h3-41H. The van der Waals surface area contributed by atoms with Gasteiger partial charge in [0.2, 0.25) is 0 Å². The van der Waals surface area contributed by atoms with E-state index >= 15 is 0 Å². The van der Waals surface area contributed by atoms with Gasteiger partial charge in [0.15, 0.2) is 11.4 Å². The van der Waals surface area contributed by atoms with E-state index in [1.807, 2.05) is 48.5 Å². The fourth-order valence-corrected chi connectivity index (χ4v) is 12.3. The number of hydrogen-bond acceptors (Lipinski definition) is 0. The maximum atomic E-state index is 14.1. The molecule has 366 valence electrons. The van der Waals surface area contributed by atoms with Gasteiger partial charge in [0.1, 0.15) is 0 Å². The molecule has 0 spiro atoms. The lowest BCUT2D eigenvalue weighted by atomic mass is 9.94. The van der Waals surface area contributed by atoms with Gasteiger partial charge >= 0.3 is 6.18 Å². The summed E-state index contributed by atoms with van der Waals surface area (Å²) in [6.07, 6.45) is -4.63. The van der Waals surface area contributed by atoms with Crippen molar-refractivity contribution in [3.05, 3.63) is 265 Å². The van der Waals surface area contributed by atoms with E-state index in [9.17, 15) is 13.2 Å². The zero-order valence-electron chi connectivity index (χ0n) is 41.3. The summed E-state index contributed by atoms with van der Waals surface area (Å²) >= 11 is 0. The molecule has 0 saturated carbocycles. The Kier molecular flexibility index (Phi) is 9.75. The zero-order valence-corrected chi connectivity index (χ0v) is 41.3. The fourth-order valence-electron chi connectivity index (χ4n) is 12.3. The third kappa shape index (κ3) is 6.62. The summed E-state index contributed by atoms with van der Waals surface area (Å²) in [5.41, 5.74) is 13.4. The van der Waals surface area contributed by atoms with E-state index in [0.717, 1.165) is 111 Å². The summed E-state index contributed by atoms with van der Waals surface area (Å²) in [4.78, 5) is 7.77. The minimum Gasteiger partial charge on any atom is -0.309 e. The molecule has 0 unspecified atom stereocenters. The van der Waals surface area contributed by atoms with E-state index in [-0.39, 0.29) is 5.69 Å². The Balaban J connectivity index is 0.970. The summed E-state index contributed by atoms with van der Waals surface area (Å²) in [5, 5.41) is 8.85. The van der Waals surface area contributed by atoms with E-state index in [1.54, 1.807) is 0 Å². The molecule has 0 saturated heterocycles. The highest BCUT2D eigenvalue weighted by Gasteiger charge is 2.31. The van der Waals surface area contributed by atoms with Crippen LogP contribution in [0.1, 0.15) is 5.56 Å². The van der Waals surface area contributed by atoms with Crippen molar-refractivity contribution in [2.75, 3.05) is 0 Å². The lowest BCUT2D eigenvalue weighted by molar-refractivity contribution is -0.137. The average molecular weight is 1010 g/mol. The molecule has 15 rings (SSSR count). The molecule has 78 heavy (non-hydrogen) atoms. The van der Waals surface area contributed by atoms with Crippen molar-refractivity contribution < 1.29 is 13.2 Å². The number of aromatic nitrogens is 4. The normalized spacial score (nSPS) is 12.0. The first-order valence-electron chi connectivity index (χ1n) is 25.5. The quantitative estimate of drug-likeness (QED) is 0.149. The zero-order chi connectivity index (χ0) is 52.4. The molecule has 0 bridgehead atoms. The first-order valence-corrected chi connectivity index (χ1v) is 25.5. The average Bonchev–Trinajstić information content (AvgIpc) is 4.39. The van der Waals surface area contributed by atoms with Crippen LogP contribution in [0.3, 0.4) is 0 Å². The highest BCUT2D eigenvalue weighted by Crippen LogP contribution is 2.46. The summed E-state index contributed by atoms with van der Waals surface area (Å²) in [5.74, 6) is 0. The monoisotopic (exact) mass is 1010 g/mol. The molecule has 0 amide bonds. The molecule has 0 N–H and O–H groups in total. The van der Waals surface area contributed by atoms with E-state index in [1.165, 1.54) is 16.8 Å². The molecule has 9 heteroatoms. The van der Waals surface area contributed by atoms with Crippen molar-refractivity contribution in [1.82, 2.24) is 18.3 Å². The van der Waals surface area contributed by atoms with Gasteiger partial charge < -0.3 is 18.3 Å². The number of halogens is 3. The largest absolute Gasteiger partial charge is 0.415 e. The molecule has 0 aliphatic rings. The maximum absolute atomic E-state index is 14.1. The summed E-state index contributed by atoms with van der Waals surface area (Å²) in [6.45, 7) is 16.8. The topological polar surface area (TPSA) is 28.4 Å². The first-order chi connectivity index (χ1) is 38.2. The number of benzene rings is 11. The Hall–Kier alpha value is -10.6. The predicted octanol–water partition coefficient (Wildman–Crippen LogP) is 19.5. The van der Waals surface area contributed by atoms with Crippen LogP contribution in [0.4, 0.5) is 24.5 Å². The van der Waals surface area contributed by atoms with Crippen LogP contribution in [0.15, 0.2) is 237 Å². The van der Waals surface area contributed by atoms with Gasteiger partial charge in [-0.15, -0.1) is 0 Å². The summed E-state index contributed by atoms with van der Waals surface area (Å²) < 4.78 is 51.5. The molecule has 11 aromatic carbocycles. The molecule has 6 nitrogen and oxygen atoms in total. The number of hydrogen-bond donors (Lipinski definition) is 0. The van der Waals surface area contributed by atoms with Gasteiger partial charge in [-0.25, -0.2) is 9.69 Å². The molecule has 4 heterocycles. The second-order valence-corrected chi connectivity index (χ2v) is 19.7. The van der Waals surface area contributed by atoms with E-state index in [4.69, 9.17) is 13.1 Å². The minimum atomic E-state index is -4.63. The highest BCUT2D eigenvalue weighted by atomic mass is 19.4. The summed E-state index contributed by atoms with van der Waals surface area (Å²) in [7, 11) is 0. The van der Waals surface area contributed by atoms with Crippen LogP contribution in [-0.2, 0) is 6.18 Å². The van der Waals surface area contributed by atoms with Crippen molar-refractivity contribution in [3.63, 3.8) is 0 Å². The minimum absolute atomic E-state index is 0.123. The van der Waals surface area contributed by atoms with E-state index in [0.29, 0.717) is 27.9 Å². The third-order valence-electron chi connectivity index (χ3n) is 15.6. The lowest BCUT2D eigenvalue weighted by Gasteiger charge is -2.19. The van der Waals surface area contributed by atoms with E-state index < -0.39 is 11.7 Å². The number of rotatable bonds is 6. The smallest absolute Gasteiger partial charge is 0.309 e. The molecule has 0 aliphatic carbocycles. The van der Waals surface area contributed by atoms with Crippen molar-refractivity contribution in [3.8, 4) is 45.0 Å². The van der Waals surface area contributed by atoms with Crippen LogP contribution in [0, 0.1) is 13.1 Å². The molecule has 0 fully saturated rings. The second-order valence-electron chi connectivity index (χ2n) is 19.7. The molecule has 0 aliphatic heterocycles. The Morgan fingerprint density at radius 2 is 0.679 bits per heavy atom. The molecule has 0 atom stereocenters. The van der Waals surface area contributed by atoms with Gasteiger partial charge in [0.05, 0.1) is 63.0 Å². The number of alkyl halides is 3. The van der Waals surface area contributed by atoms with Crippen LogP contribution in [-0.4, -0.2) is 18.3 Å². The fraction of sp³-hybridized carbons (Fsp3) is 0.0145. The highest BCUT2D eigenvalue weighted by molar-refractivity contribution is 6.15. The Bertz CT molecular complexity index is 5020. The lowest BCUT2D eigenvalue weighted by Crippen LogP contribution is -2.04. The summed E-state index contributed by atoms with van der Waals surface area (Å²) in [6, 6.07) is 78.6. The van der Waals surface area contributed by atoms with Crippen LogP contribution >= 0.6 is 0 Å². The van der Waals surface area contributed by atoms with Crippen molar-refractivity contribution in [2.45, 2.75) is 6.18 Å². The predicted molar refractivity (Wildman–Crippen MR) is 312 cm³/mol. The van der Waals surface area contributed by atoms with Gasteiger partial charge in [-0.05, 0) is 125 Å². The second kappa shape index (κ2) is 17.0. The molecular formula is C69H39F3N6. The molecule has 15 aromatic rings. The molecule has 0 radical (unpaired) electrons. The Labute approximate surface area is 444 Å². The SMILES string of the molecule is [C-]#[N+]c1cc(C(F)(F)F)ccc1-c1ccc(-n2c3ccccc3c3cc(-n4c5ccccc5c5ccccc54)ccc32)c(-c2cc(-n3c4ccccc4c4cc(-n5c6ccccc6c6ccccc65)ccc43)ccc2[N+]#[C-])c1. The van der Waals surface area contributed by atoms with Crippen LogP contribution < -0.4 is 0 Å². The molecule has 4 aromatic heterocycles. The third-order valence-corrected chi connectivity index (χ3v) is 15.6. The first kappa shape index (κ1) is 44.8. The van der Waals surface area contributed by atoms with Gasteiger partial charge in [0.25, 0.3) is 0 Å². The molecular weight excluding hydrogens is 970 g/mol. The van der Waals surface area contributed by atoms with E-state index in [2.05, 4.69) is 198 Å². The van der Waals surface area contributed by atoms with Crippen molar-refractivity contribution >= 4 is 98.6 Å². The van der Waals surface area contributed by atoms with Crippen LogP contribution in [0.5, 0.6) is 0 Å². The Morgan fingerprint density at radius 1 is 0.295 bits per heavy atom. The van der Waals surface area contributed by atoms with Gasteiger partial charge in [-0.2, -0.15) is 13.2 Å². The Morgan fingerprint density at radius 3 is 1.13 bits per heavy atom. The van der Waals surface area contributed by atoms with Gasteiger partial charge in [0, 0.05) is 65.7 Å². The van der Waals surface area contributed by atoms with Crippen molar-refractivity contribution in [1.29, 1.82) is 0 Å². The number of para-hydroxylation sites is 6. The van der Waals surface area contributed by atoms with Crippen molar-refractivity contribution in [2.24, 2.45) is 0 Å². The number of nitrogens with zero attached hydrogens (tertiary/aromatic N) is 6. The van der Waals surface area contributed by atoms with Crippen LogP contribution in [0.2, 0.25) is 0 Å². The van der Waals surface area contributed by atoms with Gasteiger partial charge in [-0.3, -0.25) is 0 Å². The maximum Gasteiger partial charge on any atom is 0.415 e. The van der Waals surface area contributed by atoms with Crippen LogP contribution in [0.25, 0.3) is 142 Å².